The summed E-state index contributed by atoms with van der Waals surface area (Å²) in [6.45, 7) is 5.17. The lowest BCUT2D eigenvalue weighted by molar-refractivity contribution is 0.0161. The molecule has 2 heterocycles. The zero-order valence-corrected chi connectivity index (χ0v) is 14.2. The number of aryl methyl sites for hydroxylation is 1. The molecule has 1 atom stereocenters. The van der Waals surface area contributed by atoms with Crippen LogP contribution in [0.4, 0.5) is 0 Å². The van der Waals surface area contributed by atoms with Gasteiger partial charge in [0.1, 0.15) is 0 Å². The van der Waals surface area contributed by atoms with Gasteiger partial charge < -0.3 is 10.1 Å². The normalized spacial score (nSPS) is 17.3. The summed E-state index contributed by atoms with van der Waals surface area (Å²) in [5, 5.41) is 8.54. The van der Waals surface area contributed by atoms with Crippen molar-refractivity contribution in [3.63, 3.8) is 0 Å². The number of nitrogens with zero attached hydrogens (tertiary/aromatic N) is 3. The molecule has 1 N–H and O–H groups in total. The maximum absolute atomic E-state index is 6.19. The van der Waals surface area contributed by atoms with E-state index in [1.54, 1.807) is 0 Å². The molecule has 1 unspecified atom stereocenters. The minimum absolute atomic E-state index is 0.300. The van der Waals surface area contributed by atoms with Crippen molar-refractivity contribution >= 4 is 11.6 Å². The van der Waals surface area contributed by atoms with E-state index in [0.717, 1.165) is 44.4 Å². The Balaban J connectivity index is 1.67. The molecule has 0 spiro atoms. The van der Waals surface area contributed by atoms with Crippen LogP contribution in [0.25, 0.3) is 0 Å². The fraction of sp³-hybridized carbons (Fsp3) is 0.471. The van der Waals surface area contributed by atoms with Gasteiger partial charge in [-0.1, -0.05) is 23.7 Å². The Morgan fingerprint density at radius 1 is 1.35 bits per heavy atom. The number of hydrogen-bond acceptors (Lipinski definition) is 4. The fourth-order valence-corrected chi connectivity index (χ4v) is 3.18. The average Bonchev–Trinajstić information content (AvgIpc) is 2.98. The summed E-state index contributed by atoms with van der Waals surface area (Å²) < 4.78 is 7.31. The summed E-state index contributed by atoms with van der Waals surface area (Å²) in [7, 11) is 1.94. The van der Waals surface area contributed by atoms with Crippen LogP contribution < -0.4 is 5.32 Å². The lowest BCUT2D eigenvalue weighted by Crippen LogP contribution is -2.42. The molecule has 1 saturated heterocycles. The molecule has 1 aromatic heterocycles. The van der Waals surface area contributed by atoms with Gasteiger partial charge in [0.25, 0.3) is 0 Å². The van der Waals surface area contributed by atoms with Crippen molar-refractivity contribution in [2.24, 2.45) is 7.05 Å². The van der Waals surface area contributed by atoms with E-state index in [1.807, 2.05) is 36.3 Å². The van der Waals surface area contributed by atoms with E-state index >= 15 is 0 Å². The summed E-state index contributed by atoms with van der Waals surface area (Å²) in [4.78, 5) is 2.46. The van der Waals surface area contributed by atoms with Crippen LogP contribution >= 0.6 is 11.6 Å². The third-order valence-corrected chi connectivity index (χ3v) is 4.38. The second kappa shape index (κ2) is 7.93. The van der Waals surface area contributed by atoms with Crippen LogP contribution in [0.1, 0.15) is 17.2 Å². The van der Waals surface area contributed by atoms with Crippen LogP contribution in [0.15, 0.2) is 36.7 Å². The highest BCUT2D eigenvalue weighted by Gasteiger charge is 2.22. The van der Waals surface area contributed by atoms with Crippen LogP contribution in [0.3, 0.4) is 0 Å². The SMILES string of the molecule is Cn1cc(CNCC(c2cccc(Cl)c2)N2CCOCC2)cn1. The fourth-order valence-electron chi connectivity index (χ4n) is 2.98. The molecule has 1 aromatic carbocycles. The van der Waals surface area contributed by atoms with Crippen molar-refractivity contribution < 1.29 is 4.74 Å². The first-order chi connectivity index (χ1) is 11.2. The minimum atomic E-state index is 0.300. The quantitative estimate of drug-likeness (QED) is 0.879. The second-order valence-electron chi connectivity index (χ2n) is 5.87. The second-order valence-corrected chi connectivity index (χ2v) is 6.31. The van der Waals surface area contributed by atoms with Crippen LogP contribution in [-0.2, 0) is 18.3 Å². The maximum Gasteiger partial charge on any atom is 0.0594 e. The first-order valence-electron chi connectivity index (χ1n) is 7.98. The van der Waals surface area contributed by atoms with Gasteiger partial charge in [0, 0.05) is 56.1 Å². The van der Waals surface area contributed by atoms with Gasteiger partial charge in [-0.15, -0.1) is 0 Å². The molecule has 1 fully saturated rings. The number of hydrogen-bond donors (Lipinski definition) is 1. The molecular formula is C17H23ClN4O. The number of benzene rings is 1. The highest BCUT2D eigenvalue weighted by atomic mass is 35.5. The minimum Gasteiger partial charge on any atom is -0.379 e. The molecule has 0 radical (unpaired) electrons. The van der Waals surface area contributed by atoms with E-state index in [9.17, 15) is 0 Å². The van der Waals surface area contributed by atoms with Crippen molar-refractivity contribution in [1.82, 2.24) is 20.0 Å². The lowest BCUT2D eigenvalue weighted by atomic mass is 10.0. The third-order valence-electron chi connectivity index (χ3n) is 4.15. The van der Waals surface area contributed by atoms with E-state index in [1.165, 1.54) is 11.1 Å². The highest BCUT2D eigenvalue weighted by Crippen LogP contribution is 2.24. The largest absolute Gasteiger partial charge is 0.379 e. The number of nitrogens with one attached hydrogen (secondary N) is 1. The topological polar surface area (TPSA) is 42.3 Å². The van der Waals surface area contributed by atoms with Crippen LogP contribution in [0.5, 0.6) is 0 Å². The number of halogens is 1. The molecule has 1 aliphatic rings. The summed E-state index contributed by atoms with van der Waals surface area (Å²) in [6.07, 6.45) is 3.94. The smallest absolute Gasteiger partial charge is 0.0594 e. The molecule has 3 rings (SSSR count). The molecule has 6 heteroatoms. The highest BCUT2D eigenvalue weighted by molar-refractivity contribution is 6.30. The Hall–Kier alpha value is -1.40. The van der Waals surface area contributed by atoms with Crippen LogP contribution in [0, 0.1) is 0 Å². The Morgan fingerprint density at radius 3 is 2.87 bits per heavy atom. The lowest BCUT2D eigenvalue weighted by Gasteiger charge is -2.35. The maximum atomic E-state index is 6.19. The summed E-state index contributed by atoms with van der Waals surface area (Å²) >= 11 is 6.19. The molecule has 2 aromatic rings. The van der Waals surface area contributed by atoms with E-state index in [0.29, 0.717) is 6.04 Å². The van der Waals surface area contributed by atoms with Crippen molar-refractivity contribution in [2.75, 3.05) is 32.8 Å². The van der Waals surface area contributed by atoms with Gasteiger partial charge in [-0.3, -0.25) is 9.58 Å². The Kier molecular flexibility index (Phi) is 5.67. The van der Waals surface area contributed by atoms with Gasteiger partial charge in [-0.2, -0.15) is 5.10 Å². The third kappa shape index (κ3) is 4.54. The van der Waals surface area contributed by atoms with Crippen molar-refractivity contribution in [3.05, 3.63) is 52.8 Å². The number of rotatable bonds is 6. The van der Waals surface area contributed by atoms with Gasteiger partial charge in [0.05, 0.1) is 19.4 Å². The molecule has 0 aliphatic carbocycles. The zero-order chi connectivity index (χ0) is 16.1. The first kappa shape index (κ1) is 16.5. The van der Waals surface area contributed by atoms with Gasteiger partial charge >= 0.3 is 0 Å². The van der Waals surface area contributed by atoms with Crippen LogP contribution in [-0.4, -0.2) is 47.5 Å². The summed E-state index contributed by atoms with van der Waals surface area (Å²) in [5.41, 5.74) is 2.44. The standard InChI is InChI=1S/C17H23ClN4O/c1-21-13-14(11-20-21)10-19-12-17(22-5-7-23-8-6-22)15-3-2-4-16(18)9-15/h2-4,9,11,13,17,19H,5-8,10,12H2,1H3. The van der Waals surface area contributed by atoms with Gasteiger partial charge in [0.15, 0.2) is 0 Å². The molecule has 0 amide bonds. The zero-order valence-electron chi connectivity index (χ0n) is 13.4. The molecule has 0 saturated carbocycles. The number of ether oxygens (including phenoxy) is 1. The predicted octanol–water partition coefficient (Wildman–Crippen LogP) is 2.24. The molecule has 1 aliphatic heterocycles. The van der Waals surface area contributed by atoms with Crippen LogP contribution in [0.2, 0.25) is 5.02 Å². The van der Waals surface area contributed by atoms with E-state index in [-0.39, 0.29) is 0 Å². The van der Waals surface area contributed by atoms with Gasteiger partial charge in [-0.05, 0) is 17.7 Å². The average molecular weight is 335 g/mol. The van der Waals surface area contributed by atoms with Crippen molar-refractivity contribution in [3.8, 4) is 0 Å². The van der Waals surface area contributed by atoms with E-state index in [4.69, 9.17) is 16.3 Å². The summed E-state index contributed by atoms with van der Waals surface area (Å²) in [5.74, 6) is 0. The predicted molar refractivity (Wildman–Crippen MR) is 91.5 cm³/mol. The van der Waals surface area contributed by atoms with E-state index < -0.39 is 0 Å². The Labute approximate surface area is 142 Å². The monoisotopic (exact) mass is 334 g/mol. The van der Waals surface area contributed by atoms with Crippen molar-refractivity contribution in [2.45, 2.75) is 12.6 Å². The van der Waals surface area contributed by atoms with E-state index in [2.05, 4.69) is 27.4 Å². The molecule has 23 heavy (non-hydrogen) atoms. The molecule has 5 nitrogen and oxygen atoms in total. The first-order valence-corrected chi connectivity index (χ1v) is 8.35. The summed E-state index contributed by atoms with van der Waals surface area (Å²) in [6, 6.07) is 8.45. The Bertz CT molecular complexity index is 625. The molecule has 124 valence electrons. The van der Waals surface area contributed by atoms with Crippen molar-refractivity contribution in [1.29, 1.82) is 0 Å². The molecule has 0 bridgehead atoms. The van der Waals surface area contributed by atoms with Gasteiger partial charge in [0.2, 0.25) is 0 Å². The van der Waals surface area contributed by atoms with Gasteiger partial charge in [-0.25, -0.2) is 0 Å². The molecular weight excluding hydrogens is 312 g/mol. The Morgan fingerprint density at radius 2 is 2.17 bits per heavy atom. The number of aromatic nitrogens is 2. The number of morpholine rings is 1.